The number of pyridine rings is 1. The van der Waals surface area contributed by atoms with E-state index in [1.54, 1.807) is 29.3 Å². The number of rotatable bonds is 6. The Morgan fingerprint density at radius 2 is 1.78 bits per heavy atom. The van der Waals surface area contributed by atoms with Crippen molar-refractivity contribution in [1.82, 2.24) is 20.5 Å². The van der Waals surface area contributed by atoms with Crippen molar-refractivity contribution < 1.29 is 17.2 Å². The molecule has 0 fully saturated rings. The molecule has 0 bridgehead atoms. The maximum absolute atomic E-state index is 15.6. The van der Waals surface area contributed by atoms with Gasteiger partial charge in [-0.1, -0.05) is 35.3 Å². The van der Waals surface area contributed by atoms with Crippen molar-refractivity contribution >= 4 is 84.3 Å². The molecule has 0 saturated carbocycles. The summed E-state index contributed by atoms with van der Waals surface area (Å²) in [6, 6.07) is 14.5. The number of nitrogens with one attached hydrogen (secondary N) is 4. The lowest BCUT2D eigenvalue weighted by Gasteiger charge is -2.18. The molecule has 0 unspecified atom stereocenters. The van der Waals surface area contributed by atoms with Crippen molar-refractivity contribution in [3.63, 3.8) is 0 Å². The minimum Gasteiger partial charge on any atom is -0.397 e. The summed E-state index contributed by atoms with van der Waals surface area (Å²) in [6.45, 7) is 0. The summed E-state index contributed by atoms with van der Waals surface area (Å²) in [5, 5.41) is 3.97. The van der Waals surface area contributed by atoms with E-state index < -0.39 is 33.0 Å². The van der Waals surface area contributed by atoms with Gasteiger partial charge in [-0.15, -0.1) is 5.53 Å². The molecule has 11 nitrogen and oxygen atoms in total. The Bertz CT molecular complexity index is 1960. The van der Waals surface area contributed by atoms with Gasteiger partial charge in [0, 0.05) is 0 Å². The second-order valence-corrected chi connectivity index (χ2v) is 11.1. The summed E-state index contributed by atoms with van der Waals surface area (Å²) >= 11 is 12.0. The quantitative estimate of drug-likeness (QED) is 0.150. The summed E-state index contributed by atoms with van der Waals surface area (Å²) in [6.07, 6.45) is 1.20. The van der Waals surface area contributed by atoms with Crippen molar-refractivity contribution in [2.45, 2.75) is 4.90 Å². The van der Waals surface area contributed by atoms with Crippen LogP contribution in [0.25, 0.3) is 11.0 Å². The van der Waals surface area contributed by atoms with E-state index in [0.29, 0.717) is 28.4 Å². The van der Waals surface area contributed by atoms with Gasteiger partial charge in [0.05, 0.1) is 38.3 Å². The highest BCUT2D eigenvalue weighted by Gasteiger charge is 2.25. The molecule has 0 aliphatic carbocycles. The molecule has 208 valence electrons. The number of halogens is 4. The van der Waals surface area contributed by atoms with E-state index in [9.17, 15) is 12.8 Å². The van der Waals surface area contributed by atoms with Crippen molar-refractivity contribution in [2.75, 3.05) is 26.2 Å². The van der Waals surface area contributed by atoms with Crippen LogP contribution in [0, 0.1) is 11.6 Å². The number of nitrogens with zero attached hydrogens (tertiary/aromatic N) is 4. The van der Waals surface area contributed by atoms with Crippen LogP contribution in [0.4, 0.5) is 48.9 Å². The standard InChI is InChI=1S/C25H17Cl2F2N9O2S/c26-12-3-1-6-18(20(12)27)41(39,40)36-15-8-7-13(28)22(21(15)29)34-25-24-16(31-11-32-25)9-10-19(33-24)38-17-5-2-4-14(30)23(17)35-37-38/h1-11,35-37H,30H2,(H,31,32,34). The Labute approximate surface area is 241 Å². The van der Waals surface area contributed by atoms with Crippen molar-refractivity contribution in [1.29, 1.82) is 0 Å². The zero-order chi connectivity index (χ0) is 28.9. The molecule has 41 heavy (non-hydrogen) atoms. The molecule has 0 atom stereocenters. The normalized spacial score (nSPS) is 12.7. The van der Waals surface area contributed by atoms with Gasteiger partial charge in [0.1, 0.15) is 34.1 Å². The van der Waals surface area contributed by atoms with Gasteiger partial charge >= 0.3 is 0 Å². The Morgan fingerprint density at radius 3 is 2.61 bits per heavy atom. The Balaban J connectivity index is 1.36. The topological polar surface area (TPSA) is 150 Å². The highest BCUT2D eigenvalue weighted by atomic mass is 35.5. The molecule has 6 N–H and O–H groups in total. The van der Waals surface area contributed by atoms with E-state index in [2.05, 4.69) is 36.0 Å². The van der Waals surface area contributed by atoms with Crippen LogP contribution in [0.15, 0.2) is 71.9 Å². The molecule has 6 rings (SSSR count). The molecule has 5 aromatic rings. The first-order valence-corrected chi connectivity index (χ1v) is 13.9. The summed E-state index contributed by atoms with van der Waals surface area (Å²) in [7, 11) is -4.39. The predicted octanol–water partition coefficient (Wildman–Crippen LogP) is 5.72. The molecular weight excluding hydrogens is 599 g/mol. The molecule has 0 radical (unpaired) electrons. The third-order valence-electron chi connectivity index (χ3n) is 6.09. The SMILES string of the molecule is Nc1cccc2c1NNN2c1ccc2ncnc(Nc3c(F)ccc(NS(=O)(=O)c4cccc(Cl)c4Cl)c3F)c2n1. The Morgan fingerprint density at radius 1 is 0.976 bits per heavy atom. The summed E-state index contributed by atoms with van der Waals surface area (Å²) in [5.41, 5.74) is 13.2. The Kier molecular flexibility index (Phi) is 6.62. The lowest BCUT2D eigenvalue weighted by Crippen LogP contribution is -2.32. The average molecular weight is 616 g/mol. The van der Waals surface area contributed by atoms with Gasteiger partial charge in [-0.2, -0.15) is 0 Å². The minimum atomic E-state index is -4.39. The van der Waals surface area contributed by atoms with E-state index in [1.807, 2.05) is 6.07 Å². The largest absolute Gasteiger partial charge is 0.397 e. The highest BCUT2D eigenvalue weighted by molar-refractivity contribution is 7.92. The fraction of sp³-hybridized carbons (Fsp3) is 0. The zero-order valence-electron chi connectivity index (χ0n) is 20.5. The first-order chi connectivity index (χ1) is 19.6. The van der Waals surface area contributed by atoms with Crippen LogP contribution in [-0.4, -0.2) is 23.4 Å². The van der Waals surface area contributed by atoms with Gasteiger partial charge in [0.15, 0.2) is 11.6 Å². The summed E-state index contributed by atoms with van der Waals surface area (Å²) < 4.78 is 58.4. The molecule has 0 saturated heterocycles. The van der Waals surface area contributed by atoms with E-state index in [4.69, 9.17) is 28.9 Å². The monoisotopic (exact) mass is 615 g/mol. The van der Waals surface area contributed by atoms with Gasteiger partial charge in [0.2, 0.25) is 0 Å². The summed E-state index contributed by atoms with van der Waals surface area (Å²) in [4.78, 5) is 12.5. The van der Waals surface area contributed by atoms with Crippen LogP contribution in [-0.2, 0) is 10.0 Å². The van der Waals surface area contributed by atoms with Crippen molar-refractivity contribution in [3.8, 4) is 0 Å². The van der Waals surface area contributed by atoms with E-state index in [1.165, 1.54) is 24.5 Å². The molecule has 0 spiro atoms. The van der Waals surface area contributed by atoms with Crippen LogP contribution in [0.2, 0.25) is 10.0 Å². The van der Waals surface area contributed by atoms with Crippen molar-refractivity contribution in [3.05, 3.63) is 88.7 Å². The molecular formula is C25H17Cl2F2N9O2S. The minimum absolute atomic E-state index is 0.00847. The summed E-state index contributed by atoms with van der Waals surface area (Å²) in [5.74, 6) is -1.88. The van der Waals surface area contributed by atoms with Crippen LogP contribution in [0.1, 0.15) is 0 Å². The third-order valence-corrected chi connectivity index (χ3v) is 8.43. The molecule has 2 aromatic heterocycles. The van der Waals surface area contributed by atoms with E-state index >= 15 is 4.39 Å². The number of sulfonamides is 1. The number of hydrogen-bond acceptors (Lipinski definition) is 10. The number of para-hydroxylation sites is 1. The number of benzene rings is 3. The number of hydrogen-bond donors (Lipinski definition) is 5. The molecule has 1 aliphatic rings. The maximum Gasteiger partial charge on any atom is 0.263 e. The number of anilines is 7. The number of nitrogens with two attached hydrogens (primary N) is 1. The Hall–Kier alpha value is -4.50. The van der Waals surface area contributed by atoms with Crippen LogP contribution >= 0.6 is 23.2 Å². The fourth-order valence-electron chi connectivity index (χ4n) is 4.13. The number of hydrazine groups is 2. The lowest BCUT2D eigenvalue weighted by molar-refractivity contribution is 0.588. The molecule has 0 amide bonds. The number of aromatic nitrogens is 3. The third kappa shape index (κ3) is 4.76. The first-order valence-electron chi connectivity index (χ1n) is 11.7. The average Bonchev–Trinajstić information content (AvgIpc) is 3.39. The van der Waals surface area contributed by atoms with E-state index in [0.717, 1.165) is 12.1 Å². The van der Waals surface area contributed by atoms with Crippen LogP contribution < -0.4 is 31.7 Å². The van der Waals surface area contributed by atoms with Crippen molar-refractivity contribution in [2.24, 2.45) is 0 Å². The van der Waals surface area contributed by atoms with Gasteiger partial charge in [-0.05, 0) is 48.5 Å². The number of nitrogen functional groups attached to an aromatic ring is 1. The fourth-order valence-corrected chi connectivity index (χ4v) is 5.96. The van der Waals surface area contributed by atoms with Crippen LogP contribution in [0.3, 0.4) is 0 Å². The molecule has 3 heterocycles. The van der Waals surface area contributed by atoms with Crippen LogP contribution in [0.5, 0.6) is 0 Å². The predicted molar refractivity (Wildman–Crippen MR) is 154 cm³/mol. The molecule has 16 heteroatoms. The zero-order valence-corrected chi connectivity index (χ0v) is 22.8. The molecule has 1 aliphatic heterocycles. The second-order valence-electron chi connectivity index (χ2n) is 8.64. The number of fused-ring (bicyclic) bond motifs is 2. The maximum atomic E-state index is 15.6. The first kappa shape index (κ1) is 26.7. The van der Waals surface area contributed by atoms with Gasteiger partial charge in [-0.25, -0.2) is 37.2 Å². The van der Waals surface area contributed by atoms with Gasteiger partial charge in [-0.3, -0.25) is 10.1 Å². The lowest BCUT2D eigenvalue weighted by atomic mass is 10.2. The second kappa shape index (κ2) is 10.2. The molecule has 3 aromatic carbocycles. The van der Waals surface area contributed by atoms with E-state index in [-0.39, 0.29) is 26.3 Å². The highest BCUT2D eigenvalue weighted by Crippen LogP contribution is 2.39. The van der Waals surface area contributed by atoms with Gasteiger partial charge < -0.3 is 11.1 Å². The van der Waals surface area contributed by atoms with Gasteiger partial charge in [0.25, 0.3) is 10.0 Å². The smallest absolute Gasteiger partial charge is 0.263 e.